The monoisotopic (exact) mass is 141 g/mol. The van der Waals surface area contributed by atoms with Crippen molar-refractivity contribution in [2.45, 2.75) is 6.92 Å². The molecule has 1 aromatic heterocycles. The minimum atomic E-state index is -0.287. The van der Waals surface area contributed by atoms with Gasteiger partial charge in [-0.3, -0.25) is 14.7 Å². The van der Waals surface area contributed by atoms with Crippen molar-refractivity contribution in [1.29, 1.82) is 0 Å². The molecule has 0 unspecified atom stereocenters. The predicted molar refractivity (Wildman–Crippen MR) is 35.1 cm³/mol. The van der Waals surface area contributed by atoms with Crippen LogP contribution in [0, 0.1) is 0 Å². The number of rotatable bonds is 1. The average molecular weight is 141 g/mol. The molecule has 5 heteroatoms. The zero-order chi connectivity index (χ0) is 7.56. The molecule has 5 nitrogen and oxygen atoms in total. The topological polar surface area (TPSA) is 66.9 Å². The lowest BCUT2D eigenvalue weighted by molar-refractivity contribution is -0.115. The number of nitrogens with zero attached hydrogens (tertiary/aromatic N) is 1. The first-order valence-electron chi connectivity index (χ1n) is 2.74. The van der Waals surface area contributed by atoms with Crippen molar-refractivity contribution in [2.24, 2.45) is 0 Å². The molecule has 1 aromatic rings. The van der Waals surface area contributed by atoms with E-state index in [4.69, 9.17) is 0 Å². The predicted octanol–water partition coefficient (Wildman–Crippen LogP) is -0.734. The number of carbonyl (C=O) groups excluding carboxylic acids is 1. The van der Waals surface area contributed by atoms with Gasteiger partial charge in [0.15, 0.2) is 0 Å². The molecular weight excluding hydrogens is 134 g/mol. The summed E-state index contributed by atoms with van der Waals surface area (Å²) in [6.45, 7) is 1.33. The Bertz CT molecular complexity index is 285. The van der Waals surface area contributed by atoms with Crippen LogP contribution in [0.2, 0.25) is 0 Å². The molecule has 0 aliphatic rings. The molecule has 54 valence electrons. The van der Waals surface area contributed by atoms with Gasteiger partial charge in [-0.25, -0.2) is 5.43 Å². The first-order valence-corrected chi connectivity index (χ1v) is 2.74. The Hall–Kier alpha value is -1.52. The third-order valence-corrected chi connectivity index (χ3v) is 0.919. The highest BCUT2D eigenvalue weighted by atomic mass is 16.2. The molecule has 0 aliphatic carbocycles. The van der Waals surface area contributed by atoms with E-state index < -0.39 is 0 Å². The number of nitrogens with one attached hydrogen (secondary N) is 2. The Kier molecular flexibility index (Phi) is 1.57. The number of aromatic nitrogens is 2. The van der Waals surface area contributed by atoms with Gasteiger partial charge >= 0.3 is 0 Å². The van der Waals surface area contributed by atoms with E-state index in [0.717, 1.165) is 4.79 Å². The van der Waals surface area contributed by atoms with E-state index >= 15 is 0 Å². The molecule has 10 heavy (non-hydrogen) atoms. The lowest BCUT2D eigenvalue weighted by atomic mass is 10.7. The second-order valence-corrected chi connectivity index (χ2v) is 1.80. The van der Waals surface area contributed by atoms with Gasteiger partial charge in [0, 0.05) is 19.2 Å². The van der Waals surface area contributed by atoms with Gasteiger partial charge in [-0.1, -0.05) is 0 Å². The van der Waals surface area contributed by atoms with Crippen molar-refractivity contribution in [3.8, 4) is 0 Å². The van der Waals surface area contributed by atoms with Crippen LogP contribution < -0.4 is 11.0 Å². The van der Waals surface area contributed by atoms with E-state index in [-0.39, 0.29) is 11.5 Å². The summed E-state index contributed by atoms with van der Waals surface area (Å²) in [6.07, 6.45) is 1.44. The van der Waals surface area contributed by atoms with Crippen molar-refractivity contribution < 1.29 is 4.79 Å². The Morgan fingerprint density at radius 1 is 1.80 bits per heavy atom. The van der Waals surface area contributed by atoms with Crippen LogP contribution in [0.3, 0.4) is 0 Å². The van der Waals surface area contributed by atoms with Gasteiger partial charge in [-0.2, -0.15) is 4.79 Å². The Balaban J connectivity index is 2.85. The van der Waals surface area contributed by atoms with Crippen molar-refractivity contribution in [2.75, 3.05) is 5.43 Å². The highest BCUT2D eigenvalue weighted by Crippen LogP contribution is 1.68. The van der Waals surface area contributed by atoms with Gasteiger partial charge in [0.05, 0.1) is 0 Å². The standard InChI is InChI=1S/C5H7N3O2/c1-4(9)7-8-5(10)2-3-6-8/h2-3,6H,1H3,(H,7,9). The third kappa shape index (κ3) is 1.25. The summed E-state index contributed by atoms with van der Waals surface area (Å²) in [7, 11) is 0. The smallest absolute Gasteiger partial charge is 0.284 e. The van der Waals surface area contributed by atoms with Gasteiger partial charge < -0.3 is 0 Å². The molecule has 0 atom stereocenters. The molecule has 0 bridgehead atoms. The fourth-order valence-electron chi connectivity index (χ4n) is 0.566. The largest absolute Gasteiger partial charge is 0.285 e. The number of amides is 1. The fourth-order valence-corrected chi connectivity index (χ4v) is 0.566. The number of hydrogen-bond acceptors (Lipinski definition) is 2. The maximum absolute atomic E-state index is 10.7. The highest BCUT2D eigenvalue weighted by Gasteiger charge is 1.94. The molecule has 0 spiro atoms. The normalized spacial score (nSPS) is 9.30. The van der Waals surface area contributed by atoms with Crippen molar-refractivity contribution in [3.05, 3.63) is 22.6 Å². The molecular formula is C5H7N3O2. The van der Waals surface area contributed by atoms with E-state index in [9.17, 15) is 9.59 Å². The number of carbonyl (C=O) groups is 1. The Labute approximate surface area is 56.6 Å². The Morgan fingerprint density at radius 3 is 2.90 bits per heavy atom. The molecule has 1 heterocycles. The zero-order valence-electron chi connectivity index (χ0n) is 5.42. The van der Waals surface area contributed by atoms with Crippen LogP contribution in [-0.2, 0) is 4.79 Å². The summed E-state index contributed by atoms with van der Waals surface area (Å²) < 4.78 is 0. The molecule has 0 aliphatic heterocycles. The quantitative estimate of drug-likeness (QED) is 0.541. The van der Waals surface area contributed by atoms with Crippen LogP contribution in [0.15, 0.2) is 17.1 Å². The third-order valence-electron chi connectivity index (χ3n) is 0.919. The minimum Gasteiger partial charge on any atom is -0.284 e. The van der Waals surface area contributed by atoms with Crippen LogP contribution in [-0.4, -0.2) is 15.8 Å². The summed E-state index contributed by atoms with van der Waals surface area (Å²) in [6, 6.07) is 1.32. The number of H-pyrrole nitrogens is 1. The van der Waals surface area contributed by atoms with Crippen molar-refractivity contribution >= 4 is 5.91 Å². The van der Waals surface area contributed by atoms with Crippen LogP contribution in [0.5, 0.6) is 0 Å². The minimum absolute atomic E-state index is 0.282. The van der Waals surface area contributed by atoms with Gasteiger partial charge in [0.2, 0.25) is 5.91 Å². The van der Waals surface area contributed by atoms with E-state index in [0.29, 0.717) is 0 Å². The summed E-state index contributed by atoms with van der Waals surface area (Å²) in [5.74, 6) is -0.287. The van der Waals surface area contributed by atoms with Gasteiger partial charge in [-0.05, 0) is 0 Å². The summed E-state index contributed by atoms with van der Waals surface area (Å²) in [4.78, 5) is 22.0. The molecule has 0 saturated heterocycles. The van der Waals surface area contributed by atoms with Crippen molar-refractivity contribution in [1.82, 2.24) is 9.89 Å². The second kappa shape index (κ2) is 2.38. The second-order valence-electron chi connectivity index (χ2n) is 1.80. The first-order chi connectivity index (χ1) is 4.70. The van der Waals surface area contributed by atoms with E-state index in [1.807, 2.05) is 0 Å². The lowest BCUT2D eigenvalue weighted by Gasteiger charge is -1.97. The van der Waals surface area contributed by atoms with Crippen LogP contribution in [0.4, 0.5) is 0 Å². The molecule has 0 saturated carbocycles. The Morgan fingerprint density at radius 2 is 2.50 bits per heavy atom. The SMILES string of the molecule is CC(=O)Nn1[nH]ccc1=O. The fraction of sp³-hybridized carbons (Fsp3) is 0.200. The maximum atomic E-state index is 10.7. The van der Waals surface area contributed by atoms with Gasteiger partial charge in [0.25, 0.3) is 5.56 Å². The molecule has 0 radical (unpaired) electrons. The number of aromatic amines is 1. The van der Waals surface area contributed by atoms with E-state index in [1.165, 1.54) is 19.2 Å². The van der Waals surface area contributed by atoms with Gasteiger partial charge in [0.1, 0.15) is 0 Å². The lowest BCUT2D eigenvalue weighted by Crippen LogP contribution is -2.29. The molecule has 1 rings (SSSR count). The first kappa shape index (κ1) is 6.60. The maximum Gasteiger partial charge on any atom is 0.285 e. The summed E-state index contributed by atoms with van der Waals surface area (Å²) in [5.41, 5.74) is 1.98. The van der Waals surface area contributed by atoms with Crippen LogP contribution in [0.1, 0.15) is 6.92 Å². The van der Waals surface area contributed by atoms with Crippen LogP contribution in [0.25, 0.3) is 0 Å². The van der Waals surface area contributed by atoms with Crippen LogP contribution >= 0.6 is 0 Å². The molecule has 1 amide bonds. The molecule has 0 fully saturated rings. The molecule has 2 N–H and O–H groups in total. The van der Waals surface area contributed by atoms with E-state index in [2.05, 4.69) is 10.5 Å². The summed E-state index contributed by atoms with van der Waals surface area (Å²) in [5, 5.41) is 2.51. The number of hydrogen-bond donors (Lipinski definition) is 2. The van der Waals surface area contributed by atoms with E-state index in [1.54, 1.807) is 0 Å². The average Bonchev–Trinajstić information content (AvgIpc) is 2.15. The molecule has 0 aromatic carbocycles. The van der Waals surface area contributed by atoms with Gasteiger partial charge in [-0.15, -0.1) is 0 Å². The van der Waals surface area contributed by atoms with Crippen molar-refractivity contribution in [3.63, 3.8) is 0 Å². The summed E-state index contributed by atoms with van der Waals surface area (Å²) >= 11 is 0. The zero-order valence-corrected chi connectivity index (χ0v) is 5.42. The highest BCUT2D eigenvalue weighted by molar-refractivity contribution is 5.80.